The van der Waals surface area contributed by atoms with Crippen molar-refractivity contribution < 1.29 is 23.9 Å². The molecule has 33 heavy (non-hydrogen) atoms. The molecule has 0 unspecified atom stereocenters. The molecule has 0 atom stereocenters. The van der Waals surface area contributed by atoms with Gasteiger partial charge < -0.3 is 20.5 Å². The zero-order valence-corrected chi connectivity index (χ0v) is 19.1. The number of hydrogen-bond donors (Lipinski definition) is 2. The average molecular weight is 457 g/mol. The van der Waals surface area contributed by atoms with E-state index in [0.717, 1.165) is 36.9 Å². The van der Waals surface area contributed by atoms with Crippen molar-refractivity contribution in [3.63, 3.8) is 0 Å². The van der Waals surface area contributed by atoms with Crippen LogP contribution >= 0.6 is 0 Å². The molecule has 1 aliphatic heterocycles. The van der Waals surface area contributed by atoms with Gasteiger partial charge in [0.1, 0.15) is 5.69 Å². The van der Waals surface area contributed by atoms with Crippen molar-refractivity contribution in [2.24, 2.45) is 5.73 Å². The lowest BCUT2D eigenvalue weighted by molar-refractivity contribution is 0.0498. The highest BCUT2D eigenvalue weighted by molar-refractivity contribution is 5.95. The van der Waals surface area contributed by atoms with Gasteiger partial charge in [-0.1, -0.05) is 0 Å². The third kappa shape index (κ3) is 6.64. The van der Waals surface area contributed by atoms with E-state index in [0.29, 0.717) is 56.0 Å². The van der Waals surface area contributed by atoms with Crippen LogP contribution in [0.15, 0.2) is 24.3 Å². The predicted molar refractivity (Wildman–Crippen MR) is 122 cm³/mol. The first kappa shape index (κ1) is 24.4. The molecule has 0 aliphatic carbocycles. The monoisotopic (exact) mass is 456 g/mol. The Morgan fingerprint density at radius 1 is 1.15 bits per heavy atom. The van der Waals surface area contributed by atoms with Crippen LogP contribution in [0.2, 0.25) is 0 Å². The Balaban J connectivity index is 1.55. The standard InChI is InChI=1S/C24H32N4O5/c1-2-28-21-19(7-5-14-32-15-6-13-26-23(21)30)20(27-28)8-3-4-16-33-24(31)18-11-9-17(10-12-18)22(25)29/h9-12H,2-8,13-16H2,1H3,(H2,25,29)(H,26,30). The maximum Gasteiger partial charge on any atom is 0.338 e. The minimum Gasteiger partial charge on any atom is -0.462 e. The van der Waals surface area contributed by atoms with E-state index in [4.69, 9.17) is 20.3 Å². The van der Waals surface area contributed by atoms with Crippen molar-refractivity contribution in [3.8, 4) is 0 Å². The van der Waals surface area contributed by atoms with Gasteiger partial charge in [0.25, 0.3) is 5.91 Å². The van der Waals surface area contributed by atoms with Gasteiger partial charge in [-0.15, -0.1) is 0 Å². The van der Waals surface area contributed by atoms with Gasteiger partial charge in [0, 0.05) is 37.4 Å². The Kier molecular flexibility index (Phi) is 9.00. The number of primary amides is 1. The summed E-state index contributed by atoms with van der Waals surface area (Å²) in [6.45, 7) is 4.78. The first-order chi connectivity index (χ1) is 16.0. The smallest absolute Gasteiger partial charge is 0.338 e. The first-order valence-electron chi connectivity index (χ1n) is 11.5. The van der Waals surface area contributed by atoms with E-state index < -0.39 is 11.9 Å². The van der Waals surface area contributed by atoms with Crippen LogP contribution in [0.4, 0.5) is 0 Å². The number of unbranched alkanes of at least 4 members (excludes halogenated alkanes) is 1. The molecule has 3 rings (SSSR count). The van der Waals surface area contributed by atoms with Crippen molar-refractivity contribution in [2.45, 2.75) is 52.0 Å². The predicted octanol–water partition coefficient (Wildman–Crippen LogP) is 2.26. The molecule has 0 bridgehead atoms. The number of benzene rings is 1. The highest BCUT2D eigenvalue weighted by Gasteiger charge is 2.22. The second-order valence-electron chi connectivity index (χ2n) is 7.95. The second kappa shape index (κ2) is 12.2. The Hall–Kier alpha value is -3.20. The van der Waals surface area contributed by atoms with E-state index in [2.05, 4.69) is 5.32 Å². The SMILES string of the molecule is CCn1nc(CCCCOC(=O)c2ccc(C(N)=O)cc2)c2c1C(=O)NCCCOCCC2. The molecule has 0 fully saturated rings. The number of carbonyl (C=O) groups is 3. The molecule has 2 amide bonds. The quantitative estimate of drug-likeness (QED) is 0.464. The molecular weight excluding hydrogens is 424 g/mol. The van der Waals surface area contributed by atoms with Gasteiger partial charge in [-0.2, -0.15) is 5.10 Å². The van der Waals surface area contributed by atoms with Crippen LogP contribution in [-0.2, 0) is 28.9 Å². The minimum atomic E-state index is -0.541. The van der Waals surface area contributed by atoms with E-state index in [1.165, 1.54) is 24.3 Å². The summed E-state index contributed by atoms with van der Waals surface area (Å²) in [4.78, 5) is 36.1. The molecule has 2 aromatic rings. The molecular formula is C24H32N4O5. The van der Waals surface area contributed by atoms with Crippen molar-refractivity contribution in [3.05, 3.63) is 52.3 Å². The van der Waals surface area contributed by atoms with Crippen LogP contribution < -0.4 is 11.1 Å². The molecule has 1 aromatic carbocycles. The third-order valence-corrected chi connectivity index (χ3v) is 5.56. The van der Waals surface area contributed by atoms with Crippen LogP contribution in [-0.4, -0.2) is 53.9 Å². The molecule has 9 nitrogen and oxygen atoms in total. The molecule has 3 N–H and O–H groups in total. The van der Waals surface area contributed by atoms with Crippen molar-refractivity contribution in [1.29, 1.82) is 0 Å². The van der Waals surface area contributed by atoms with Crippen LogP contribution in [0.25, 0.3) is 0 Å². The van der Waals surface area contributed by atoms with Gasteiger partial charge in [-0.05, 0) is 69.7 Å². The van der Waals surface area contributed by atoms with Crippen LogP contribution in [0, 0.1) is 0 Å². The van der Waals surface area contributed by atoms with E-state index in [1.807, 2.05) is 6.92 Å². The number of hydrogen-bond acceptors (Lipinski definition) is 6. The Morgan fingerprint density at radius 2 is 1.88 bits per heavy atom. The van der Waals surface area contributed by atoms with Crippen molar-refractivity contribution >= 4 is 17.8 Å². The fourth-order valence-electron chi connectivity index (χ4n) is 3.82. The van der Waals surface area contributed by atoms with Gasteiger partial charge in [-0.3, -0.25) is 14.3 Å². The van der Waals surface area contributed by atoms with Gasteiger partial charge >= 0.3 is 5.97 Å². The van der Waals surface area contributed by atoms with E-state index >= 15 is 0 Å². The lowest BCUT2D eigenvalue weighted by Crippen LogP contribution is -2.28. The molecule has 0 saturated carbocycles. The van der Waals surface area contributed by atoms with Crippen LogP contribution in [0.5, 0.6) is 0 Å². The number of fused-ring (bicyclic) bond motifs is 1. The number of amides is 2. The molecule has 178 valence electrons. The van der Waals surface area contributed by atoms with Crippen molar-refractivity contribution in [2.75, 3.05) is 26.4 Å². The topological polar surface area (TPSA) is 126 Å². The largest absolute Gasteiger partial charge is 0.462 e. The Morgan fingerprint density at radius 3 is 2.61 bits per heavy atom. The molecule has 0 saturated heterocycles. The van der Waals surface area contributed by atoms with E-state index in [-0.39, 0.29) is 12.5 Å². The lowest BCUT2D eigenvalue weighted by Gasteiger charge is -2.08. The number of nitrogens with one attached hydrogen (secondary N) is 1. The fraction of sp³-hybridized carbons (Fsp3) is 0.500. The van der Waals surface area contributed by atoms with E-state index in [1.54, 1.807) is 4.68 Å². The number of nitrogens with two attached hydrogens (primary N) is 1. The molecule has 9 heteroatoms. The molecule has 0 radical (unpaired) electrons. The number of aryl methyl sites for hydroxylation is 2. The maximum absolute atomic E-state index is 12.8. The minimum absolute atomic E-state index is 0.0798. The number of aromatic nitrogens is 2. The summed E-state index contributed by atoms with van der Waals surface area (Å²) in [6, 6.07) is 6.06. The third-order valence-electron chi connectivity index (χ3n) is 5.56. The normalized spacial score (nSPS) is 14.6. The zero-order valence-electron chi connectivity index (χ0n) is 19.1. The summed E-state index contributed by atoms with van der Waals surface area (Å²) in [6.07, 6.45) is 4.53. The molecule has 1 aromatic heterocycles. The second-order valence-corrected chi connectivity index (χ2v) is 7.95. The first-order valence-corrected chi connectivity index (χ1v) is 11.5. The summed E-state index contributed by atoms with van der Waals surface area (Å²) in [5, 5.41) is 7.68. The molecule has 0 spiro atoms. The van der Waals surface area contributed by atoms with Gasteiger partial charge in [-0.25, -0.2) is 4.79 Å². The highest BCUT2D eigenvalue weighted by atomic mass is 16.5. The molecule has 1 aliphatic rings. The number of esters is 1. The lowest BCUT2D eigenvalue weighted by atomic mass is 10.0. The number of carbonyl (C=O) groups excluding carboxylic acids is 3. The number of nitrogens with zero attached hydrogens (tertiary/aromatic N) is 2. The van der Waals surface area contributed by atoms with Gasteiger partial charge in [0.2, 0.25) is 5.91 Å². The zero-order chi connectivity index (χ0) is 23.6. The summed E-state index contributed by atoms with van der Waals surface area (Å²) in [5.74, 6) is -1.06. The number of rotatable bonds is 8. The Labute approximate surface area is 193 Å². The highest BCUT2D eigenvalue weighted by Crippen LogP contribution is 2.20. The fourth-order valence-corrected chi connectivity index (χ4v) is 3.82. The summed E-state index contributed by atoms with van der Waals surface area (Å²) in [5.41, 5.74) is 8.50. The molecule has 2 heterocycles. The van der Waals surface area contributed by atoms with Crippen LogP contribution in [0.3, 0.4) is 0 Å². The Bertz CT molecular complexity index is 968. The summed E-state index contributed by atoms with van der Waals surface area (Å²) in [7, 11) is 0. The number of ether oxygens (including phenoxy) is 2. The summed E-state index contributed by atoms with van der Waals surface area (Å²) >= 11 is 0. The maximum atomic E-state index is 12.8. The van der Waals surface area contributed by atoms with Crippen molar-refractivity contribution in [1.82, 2.24) is 15.1 Å². The van der Waals surface area contributed by atoms with Crippen LogP contribution in [0.1, 0.15) is 75.1 Å². The summed E-state index contributed by atoms with van der Waals surface area (Å²) < 4.78 is 12.8. The average Bonchev–Trinajstić information content (AvgIpc) is 3.15. The van der Waals surface area contributed by atoms with Gasteiger partial charge in [0.05, 0.1) is 17.9 Å². The van der Waals surface area contributed by atoms with E-state index in [9.17, 15) is 14.4 Å². The van der Waals surface area contributed by atoms with Gasteiger partial charge in [0.15, 0.2) is 0 Å².